The SMILES string of the molecule is CC(=O)c1ccc(Cl)c(NC(=O)c2ccc(C)o2)c1. The fraction of sp³-hybridized carbons (Fsp3) is 0.143. The van der Waals surface area contributed by atoms with Gasteiger partial charge < -0.3 is 9.73 Å². The van der Waals surface area contributed by atoms with Crippen molar-refractivity contribution in [2.45, 2.75) is 13.8 Å². The molecule has 1 aromatic heterocycles. The lowest BCUT2D eigenvalue weighted by molar-refractivity contribution is 0.0991. The molecule has 0 aliphatic heterocycles. The normalized spacial score (nSPS) is 10.3. The summed E-state index contributed by atoms with van der Waals surface area (Å²) in [7, 11) is 0. The van der Waals surface area contributed by atoms with Crippen LogP contribution in [0.15, 0.2) is 34.7 Å². The summed E-state index contributed by atoms with van der Waals surface area (Å²) < 4.78 is 5.21. The Kier molecular flexibility index (Phi) is 3.71. The monoisotopic (exact) mass is 277 g/mol. The third kappa shape index (κ3) is 3.03. The Morgan fingerprint density at radius 2 is 1.95 bits per heavy atom. The molecule has 1 heterocycles. The third-order valence-electron chi connectivity index (χ3n) is 2.59. The first kappa shape index (κ1) is 13.4. The fourth-order valence-electron chi connectivity index (χ4n) is 1.58. The van der Waals surface area contributed by atoms with Crippen LogP contribution < -0.4 is 5.32 Å². The molecule has 0 bridgehead atoms. The van der Waals surface area contributed by atoms with Crippen molar-refractivity contribution in [3.63, 3.8) is 0 Å². The van der Waals surface area contributed by atoms with Gasteiger partial charge in [0.15, 0.2) is 11.5 Å². The van der Waals surface area contributed by atoms with Gasteiger partial charge in [-0.15, -0.1) is 0 Å². The second-order valence-corrected chi connectivity index (χ2v) is 4.52. The molecule has 98 valence electrons. The van der Waals surface area contributed by atoms with E-state index in [1.54, 1.807) is 37.3 Å². The molecule has 1 amide bonds. The van der Waals surface area contributed by atoms with Crippen molar-refractivity contribution in [2.75, 3.05) is 5.32 Å². The molecule has 2 rings (SSSR count). The fourth-order valence-corrected chi connectivity index (χ4v) is 1.75. The van der Waals surface area contributed by atoms with Crippen LogP contribution in [0.25, 0.3) is 0 Å². The average Bonchev–Trinajstić information content (AvgIpc) is 2.78. The van der Waals surface area contributed by atoms with Crippen molar-refractivity contribution in [1.82, 2.24) is 0 Å². The summed E-state index contributed by atoms with van der Waals surface area (Å²) in [5.74, 6) is 0.340. The first-order chi connectivity index (χ1) is 8.97. The zero-order valence-electron chi connectivity index (χ0n) is 10.5. The number of furan rings is 1. The Labute approximate surface area is 115 Å². The van der Waals surface area contributed by atoms with E-state index in [1.165, 1.54) is 6.92 Å². The molecule has 0 aliphatic rings. The molecule has 0 fully saturated rings. The predicted octanol–water partition coefficient (Wildman–Crippen LogP) is 3.70. The number of nitrogens with one attached hydrogen (secondary N) is 1. The van der Waals surface area contributed by atoms with Gasteiger partial charge in [0, 0.05) is 5.56 Å². The summed E-state index contributed by atoms with van der Waals surface area (Å²) in [6.45, 7) is 3.20. The van der Waals surface area contributed by atoms with Crippen LogP contribution in [0.1, 0.15) is 33.6 Å². The van der Waals surface area contributed by atoms with Crippen LogP contribution in [-0.4, -0.2) is 11.7 Å². The number of hydrogen-bond donors (Lipinski definition) is 1. The number of Topliss-reactive ketones (excluding diaryl/α,β-unsaturated/α-hetero) is 1. The van der Waals surface area contributed by atoms with Gasteiger partial charge in [0.1, 0.15) is 5.76 Å². The molecular weight excluding hydrogens is 266 g/mol. The number of carbonyl (C=O) groups is 2. The molecule has 1 aromatic carbocycles. The third-order valence-corrected chi connectivity index (χ3v) is 2.91. The molecule has 0 radical (unpaired) electrons. The maximum Gasteiger partial charge on any atom is 0.291 e. The van der Waals surface area contributed by atoms with Gasteiger partial charge in [-0.1, -0.05) is 11.6 Å². The summed E-state index contributed by atoms with van der Waals surface area (Å²) in [4.78, 5) is 23.2. The van der Waals surface area contributed by atoms with Gasteiger partial charge in [0.2, 0.25) is 0 Å². The summed E-state index contributed by atoms with van der Waals surface area (Å²) in [5, 5.41) is 2.98. The lowest BCUT2D eigenvalue weighted by Gasteiger charge is -2.07. The Balaban J connectivity index is 2.25. The number of benzene rings is 1. The second kappa shape index (κ2) is 5.28. The molecule has 1 N–H and O–H groups in total. The van der Waals surface area contributed by atoms with E-state index in [1.807, 2.05) is 0 Å². The van der Waals surface area contributed by atoms with Crippen molar-refractivity contribution in [2.24, 2.45) is 0 Å². The van der Waals surface area contributed by atoms with E-state index in [-0.39, 0.29) is 11.5 Å². The van der Waals surface area contributed by atoms with Crippen LogP contribution in [0.4, 0.5) is 5.69 Å². The number of amides is 1. The van der Waals surface area contributed by atoms with Crippen LogP contribution in [0.3, 0.4) is 0 Å². The Morgan fingerprint density at radius 1 is 1.21 bits per heavy atom. The van der Waals surface area contributed by atoms with Gasteiger partial charge in [-0.2, -0.15) is 0 Å². The van der Waals surface area contributed by atoms with Crippen LogP contribution in [0.2, 0.25) is 5.02 Å². The van der Waals surface area contributed by atoms with Gasteiger partial charge in [0.25, 0.3) is 5.91 Å². The number of anilines is 1. The Hall–Kier alpha value is -2.07. The van der Waals surface area contributed by atoms with Gasteiger partial charge >= 0.3 is 0 Å². The van der Waals surface area contributed by atoms with Gasteiger partial charge in [-0.05, 0) is 44.2 Å². The zero-order chi connectivity index (χ0) is 14.0. The molecule has 4 nitrogen and oxygen atoms in total. The Morgan fingerprint density at radius 3 is 2.53 bits per heavy atom. The number of aryl methyl sites for hydroxylation is 1. The summed E-state index contributed by atoms with van der Waals surface area (Å²) in [6.07, 6.45) is 0. The highest BCUT2D eigenvalue weighted by molar-refractivity contribution is 6.34. The first-order valence-electron chi connectivity index (χ1n) is 5.65. The van der Waals surface area contributed by atoms with E-state index in [0.717, 1.165) is 0 Å². The first-order valence-corrected chi connectivity index (χ1v) is 6.03. The Bertz CT molecular complexity index is 646. The molecule has 0 aliphatic carbocycles. The highest BCUT2D eigenvalue weighted by Crippen LogP contribution is 2.24. The summed E-state index contributed by atoms with van der Waals surface area (Å²) >= 11 is 5.98. The lowest BCUT2D eigenvalue weighted by atomic mass is 10.1. The molecular formula is C14H12ClNO3. The topological polar surface area (TPSA) is 59.3 Å². The van der Waals surface area contributed by atoms with Crippen molar-refractivity contribution < 1.29 is 14.0 Å². The number of rotatable bonds is 3. The number of hydrogen-bond acceptors (Lipinski definition) is 3. The van der Waals surface area contributed by atoms with E-state index < -0.39 is 5.91 Å². The maximum absolute atomic E-state index is 11.9. The molecule has 0 atom stereocenters. The number of carbonyl (C=O) groups excluding carboxylic acids is 2. The van der Waals surface area contributed by atoms with Gasteiger partial charge in [0.05, 0.1) is 10.7 Å². The molecule has 19 heavy (non-hydrogen) atoms. The van der Waals surface area contributed by atoms with Gasteiger partial charge in [-0.25, -0.2) is 0 Å². The molecule has 0 spiro atoms. The second-order valence-electron chi connectivity index (χ2n) is 4.12. The quantitative estimate of drug-likeness (QED) is 0.870. The highest BCUT2D eigenvalue weighted by atomic mass is 35.5. The van der Waals surface area contributed by atoms with E-state index in [2.05, 4.69) is 5.32 Å². The maximum atomic E-state index is 11.9. The minimum absolute atomic E-state index is 0.0963. The molecule has 0 unspecified atom stereocenters. The average molecular weight is 278 g/mol. The van der Waals surface area contributed by atoms with Crippen LogP contribution in [0, 0.1) is 6.92 Å². The summed E-state index contributed by atoms with van der Waals surface area (Å²) in [6, 6.07) is 7.99. The van der Waals surface area contributed by atoms with Crippen LogP contribution in [0.5, 0.6) is 0 Å². The van der Waals surface area contributed by atoms with Crippen molar-refractivity contribution in [3.05, 3.63) is 52.4 Å². The van der Waals surface area contributed by atoms with Gasteiger partial charge in [-0.3, -0.25) is 9.59 Å². The summed E-state index contributed by atoms with van der Waals surface area (Å²) in [5.41, 5.74) is 0.865. The largest absolute Gasteiger partial charge is 0.456 e. The van der Waals surface area contributed by atoms with Crippen LogP contribution >= 0.6 is 11.6 Å². The number of halogens is 1. The van der Waals surface area contributed by atoms with Crippen molar-refractivity contribution in [1.29, 1.82) is 0 Å². The van der Waals surface area contributed by atoms with E-state index in [9.17, 15) is 9.59 Å². The van der Waals surface area contributed by atoms with Crippen molar-refractivity contribution >= 4 is 29.0 Å². The number of ketones is 1. The van der Waals surface area contributed by atoms with E-state index in [0.29, 0.717) is 22.0 Å². The zero-order valence-corrected chi connectivity index (χ0v) is 11.2. The van der Waals surface area contributed by atoms with E-state index >= 15 is 0 Å². The van der Waals surface area contributed by atoms with E-state index in [4.69, 9.17) is 16.0 Å². The minimum Gasteiger partial charge on any atom is -0.456 e. The lowest BCUT2D eigenvalue weighted by Crippen LogP contribution is -2.11. The highest BCUT2D eigenvalue weighted by Gasteiger charge is 2.13. The minimum atomic E-state index is -0.407. The predicted molar refractivity (Wildman–Crippen MR) is 72.9 cm³/mol. The molecule has 5 heteroatoms. The standard InChI is InChI=1S/C14H12ClNO3/c1-8-3-6-13(19-8)14(18)16-12-7-10(9(2)17)4-5-11(12)15/h3-7H,1-2H3,(H,16,18). The smallest absolute Gasteiger partial charge is 0.291 e. The van der Waals surface area contributed by atoms with Crippen molar-refractivity contribution in [3.8, 4) is 0 Å². The molecule has 0 saturated carbocycles. The molecule has 2 aromatic rings. The van der Waals surface area contributed by atoms with Crippen LogP contribution in [-0.2, 0) is 0 Å². The molecule has 0 saturated heterocycles.